The molecule has 194 valence electrons. The Morgan fingerprint density at radius 1 is 1.22 bits per heavy atom. The predicted molar refractivity (Wildman–Crippen MR) is 133 cm³/mol. The van der Waals surface area contributed by atoms with Gasteiger partial charge in [-0.2, -0.15) is 0 Å². The molecule has 5 atom stereocenters. The molecule has 0 spiro atoms. The number of hydrogen-bond acceptors (Lipinski definition) is 8. The summed E-state index contributed by atoms with van der Waals surface area (Å²) in [6.45, 7) is 6.05. The monoisotopic (exact) mass is 497 g/mol. The van der Waals surface area contributed by atoms with E-state index in [2.05, 4.69) is 28.2 Å². The van der Waals surface area contributed by atoms with Gasteiger partial charge in [-0.05, 0) is 50.4 Å². The highest BCUT2D eigenvalue weighted by molar-refractivity contribution is 6.10. The van der Waals surface area contributed by atoms with Gasteiger partial charge in [0.1, 0.15) is 11.9 Å². The Hall–Kier alpha value is -2.88. The molecular weight excluding hydrogens is 462 g/mol. The molecule has 0 saturated carbocycles. The molecule has 1 aromatic rings. The number of methoxy groups -OCH3 is 2. The second-order valence-electron chi connectivity index (χ2n) is 10.4. The quantitative estimate of drug-likeness (QED) is 0.572. The van der Waals surface area contributed by atoms with Crippen LogP contribution in [0.25, 0.3) is 0 Å². The van der Waals surface area contributed by atoms with Gasteiger partial charge in [0.05, 0.1) is 26.3 Å². The lowest BCUT2D eigenvalue weighted by Gasteiger charge is -2.58. The Morgan fingerprint density at radius 2 is 1.94 bits per heavy atom. The van der Waals surface area contributed by atoms with Crippen LogP contribution in [0.15, 0.2) is 28.5 Å². The number of aliphatic hydroxyl groups is 1. The van der Waals surface area contributed by atoms with Crippen molar-refractivity contribution in [2.24, 2.45) is 0 Å². The average molecular weight is 498 g/mol. The van der Waals surface area contributed by atoms with E-state index in [0.717, 1.165) is 23.1 Å². The molecule has 3 heterocycles. The van der Waals surface area contributed by atoms with Crippen molar-refractivity contribution in [3.05, 3.63) is 45.2 Å². The van der Waals surface area contributed by atoms with Gasteiger partial charge in [-0.15, -0.1) is 0 Å². The topological polar surface area (TPSA) is 112 Å². The Morgan fingerprint density at radius 3 is 2.58 bits per heavy atom. The number of fused-ring (bicyclic) bond motifs is 6. The van der Waals surface area contributed by atoms with Crippen LogP contribution in [0.2, 0.25) is 0 Å². The molecule has 2 bridgehead atoms. The number of amides is 1. The van der Waals surface area contributed by atoms with E-state index < -0.39 is 6.10 Å². The second kappa shape index (κ2) is 8.90. The largest absolute Gasteiger partial charge is 0.504 e. The van der Waals surface area contributed by atoms with E-state index in [1.165, 1.54) is 14.0 Å². The van der Waals surface area contributed by atoms with E-state index in [0.29, 0.717) is 35.4 Å². The third-order valence-electron chi connectivity index (χ3n) is 8.56. The SMILES string of the molecule is COC1=C(C)C(=O)C2=C(C1O)C(CNC(C)=O)N1CC3Cc4cc(C)c(OC)c(O)c4C(C1C2)N3C. The van der Waals surface area contributed by atoms with Gasteiger partial charge >= 0.3 is 0 Å². The molecule has 1 amide bonds. The number of allylic oxidation sites excluding steroid dienone is 1. The molecule has 4 aliphatic rings. The Kier molecular flexibility index (Phi) is 6.13. The normalized spacial score (nSPS) is 30.0. The number of ether oxygens (including phenoxy) is 2. The molecule has 1 aromatic carbocycles. The van der Waals surface area contributed by atoms with Gasteiger partial charge in [-0.3, -0.25) is 19.4 Å². The summed E-state index contributed by atoms with van der Waals surface area (Å²) in [4.78, 5) is 30.1. The Bertz CT molecular complexity index is 1200. The van der Waals surface area contributed by atoms with Gasteiger partial charge in [-0.25, -0.2) is 0 Å². The average Bonchev–Trinajstić information content (AvgIpc) is 2.82. The maximum absolute atomic E-state index is 13.5. The van der Waals surface area contributed by atoms with Crippen LogP contribution in [0, 0.1) is 6.92 Å². The third-order valence-corrected chi connectivity index (χ3v) is 8.56. The Balaban J connectivity index is 1.67. The molecule has 1 fully saturated rings. The van der Waals surface area contributed by atoms with Crippen LogP contribution >= 0.6 is 0 Å². The fraction of sp³-hybridized carbons (Fsp3) is 0.556. The maximum atomic E-state index is 13.5. The number of carbonyl (C=O) groups is 2. The fourth-order valence-electron chi connectivity index (χ4n) is 6.95. The molecule has 5 unspecified atom stereocenters. The first-order valence-corrected chi connectivity index (χ1v) is 12.4. The molecule has 36 heavy (non-hydrogen) atoms. The third kappa shape index (κ3) is 3.48. The van der Waals surface area contributed by atoms with Crippen LogP contribution in [-0.4, -0.2) is 90.3 Å². The summed E-state index contributed by atoms with van der Waals surface area (Å²) in [5.41, 5.74) is 4.42. The van der Waals surface area contributed by atoms with E-state index in [-0.39, 0.29) is 53.9 Å². The van der Waals surface area contributed by atoms with Crippen molar-refractivity contribution >= 4 is 11.7 Å². The number of nitrogens with one attached hydrogen (secondary N) is 1. The smallest absolute Gasteiger partial charge is 0.216 e. The molecule has 3 aliphatic heterocycles. The van der Waals surface area contributed by atoms with Crippen LogP contribution in [0.3, 0.4) is 0 Å². The molecule has 3 N–H and O–H groups in total. The van der Waals surface area contributed by atoms with Crippen LogP contribution < -0.4 is 10.1 Å². The van der Waals surface area contributed by atoms with Crippen molar-refractivity contribution in [1.29, 1.82) is 0 Å². The lowest BCUT2D eigenvalue weighted by atomic mass is 9.71. The number of aryl methyl sites for hydroxylation is 1. The van der Waals surface area contributed by atoms with Gasteiger partial charge in [0.2, 0.25) is 5.91 Å². The van der Waals surface area contributed by atoms with Crippen molar-refractivity contribution in [3.63, 3.8) is 0 Å². The van der Waals surface area contributed by atoms with Crippen molar-refractivity contribution < 1.29 is 29.3 Å². The number of hydrogen-bond donors (Lipinski definition) is 3. The number of benzene rings is 1. The molecule has 5 rings (SSSR count). The van der Waals surface area contributed by atoms with Gasteiger partial charge in [0, 0.05) is 48.8 Å². The first kappa shape index (κ1) is 24.8. The molecule has 1 saturated heterocycles. The zero-order chi connectivity index (χ0) is 26.0. The zero-order valence-electron chi connectivity index (χ0n) is 21.7. The molecule has 0 aromatic heterocycles. The lowest BCUT2D eigenvalue weighted by molar-refractivity contribution is -0.119. The van der Waals surface area contributed by atoms with Crippen molar-refractivity contribution in [2.75, 3.05) is 34.4 Å². The number of piperazine rings is 1. The van der Waals surface area contributed by atoms with Crippen molar-refractivity contribution in [3.8, 4) is 11.5 Å². The van der Waals surface area contributed by atoms with Crippen molar-refractivity contribution in [1.82, 2.24) is 15.1 Å². The van der Waals surface area contributed by atoms with Gasteiger partial charge < -0.3 is 25.0 Å². The number of phenols is 1. The number of ketones is 1. The molecule has 9 heteroatoms. The number of carbonyl (C=O) groups excluding carboxylic acids is 2. The van der Waals surface area contributed by atoms with Gasteiger partial charge in [0.15, 0.2) is 17.3 Å². The Labute approximate surface area is 211 Å². The first-order valence-electron chi connectivity index (χ1n) is 12.4. The molecular formula is C27H35N3O6. The minimum absolute atomic E-state index is 0.133. The summed E-state index contributed by atoms with van der Waals surface area (Å²) in [5.74, 6) is 0.576. The summed E-state index contributed by atoms with van der Waals surface area (Å²) in [6.07, 6.45) is 0.129. The summed E-state index contributed by atoms with van der Waals surface area (Å²) in [7, 11) is 5.09. The highest BCUT2D eigenvalue weighted by Crippen LogP contribution is 2.52. The zero-order valence-corrected chi connectivity index (χ0v) is 21.7. The van der Waals surface area contributed by atoms with Gasteiger partial charge in [0.25, 0.3) is 0 Å². The minimum Gasteiger partial charge on any atom is -0.504 e. The number of phenolic OH excluding ortho intramolecular Hbond substituents is 1. The van der Waals surface area contributed by atoms with Crippen LogP contribution in [-0.2, 0) is 20.7 Å². The maximum Gasteiger partial charge on any atom is 0.216 e. The fourth-order valence-corrected chi connectivity index (χ4v) is 6.95. The first-order chi connectivity index (χ1) is 17.1. The van der Waals surface area contributed by atoms with E-state index in [1.54, 1.807) is 14.0 Å². The lowest BCUT2D eigenvalue weighted by Crippen LogP contribution is -2.67. The summed E-state index contributed by atoms with van der Waals surface area (Å²) in [6, 6.07) is 1.56. The number of likely N-dealkylation sites (N-methyl/N-ethyl adjacent to an activating group) is 1. The van der Waals surface area contributed by atoms with E-state index in [9.17, 15) is 19.8 Å². The number of nitrogens with zero attached hydrogens (tertiary/aromatic N) is 2. The number of Topliss-reactive ketones (excluding diaryl/α,β-unsaturated/α-hetero) is 1. The van der Waals surface area contributed by atoms with E-state index in [1.807, 2.05) is 6.92 Å². The highest BCUT2D eigenvalue weighted by atomic mass is 16.5. The number of aromatic hydroxyl groups is 1. The number of rotatable bonds is 4. The second-order valence-corrected chi connectivity index (χ2v) is 10.4. The van der Waals surface area contributed by atoms with Crippen LogP contribution in [0.1, 0.15) is 43.0 Å². The molecule has 9 nitrogen and oxygen atoms in total. The van der Waals surface area contributed by atoms with Gasteiger partial charge in [-0.1, -0.05) is 6.07 Å². The van der Waals surface area contributed by atoms with Crippen molar-refractivity contribution in [2.45, 2.75) is 63.9 Å². The minimum atomic E-state index is -1.05. The van der Waals surface area contributed by atoms with Crippen LogP contribution in [0.5, 0.6) is 11.5 Å². The summed E-state index contributed by atoms with van der Waals surface area (Å²) < 4.78 is 11.0. The number of aliphatic hydroxyl groups excluding tert-OH is 1. The molecule has 1 aliphatic carbocycles. The van der Waals surface area contributed by atoms with Crippen LogP contribution in [0.4, 0.5) is 0 Å². The summed E-state index contributed by atoms with van der Waals surface area (Å²) in [5, 5.41) is 25.6. The summed E-state index contributed by atoms with van der Waals surface area (Å²) >= 11 is 0. The highest BCUT2D eigenvalue weighted by Gasteiger charge is 2.53. The van der Waals surface area contributed by atoms with E-state index in [4.69, 9.17) is 9.47 Å². The predicted octanol–water partition coefficient (Wildman–Crippen LogP) is 1.36. The molecule has 0 radical (unpaired) electrons. The van der Waals surface area contributed by atoms with E-state index >= 15 is 0 Å². The standard InChI is InChI=1S/C27H35N3O6/c1-12-7-15-8-16-11-30-18(22(29(16)4)20(15)24(33)26(12)35-5)9-17-21(19(30)10-28-14(3)31)25(34)27(36-6)13(2)23(17)32/h7,16,18-19,22,25,33-34H,8-11H2,1-6H3,(H,28,31).